The highest BCUT2D eigenvalue weighted by atomic mass is 35.5. The first kappa shape index (κ1) is 11.7. The molecule has 5 heteroatoms. The number of aryl methyl sites for hydroxylation is 1. The predicted molar refractivity (Wildman–Crippen MR) is 67.0 cm³/mol. The molecular formula is C12H11ClN2O2. The zero-order valence-electron chi connectivity index (χ0n) is 9.48. The molecule has 0 aliphatic rings. The third-order valence-corrected chi connectivity index (χ3v) is 3.07. The summed E-state index contributed by atoms with van der Waals surface area (Å²) in [4.78, 5) is 23.4. The Morgan fingerprint density at radius 3 is 2.53 bits per heavy atom. The summed E-state index contributed by atoms with van der Waals surface area (Å²) in [5.74, 6) is 0. The molecule has 0 atom stereocenters. The van der Waals surface area contributed by atoms with Crippen molar-refractivity contribution in [3.05, 3.63) is 61.9 Å². The van der Waals surface area contributed by atoms with Crippen LogP contribution in [0.4, 0.5) is 0 Å². The van der Waals surface area contributed by atoms with Gasteiger partial charge in [0.2, 0.25) is 0 Å². The molecule has 0 spiro atoms. The van der Waals surface area contributed by atoms with Gasteiger partial charge >= 0.3 is 11.1 Å². The molecule has 0 radical (unpaired) electrons. The lowest BCUT2D eigenvalue weighted by atomic mass is 10.2. The fraction of sp³-hybridized carbons (Fsp3) is 0.167. The summed E-state index contributed by atoms with van der Waals surface area (Å²) in [6.07, 6.45) is 3.10. The van der Waals surface area contributed by atoms with Crippen molar-refractivity contribution in [2.45, 2.75) is 6.92 Å². The van der Waals surface area contributed by atoms with Gasteiger partial charge in [-0.05, 0) is 24.6 Å². The molecule has 1 aromatic carbocycles. The van der Waals surface area contributed by atoms with Crippen molar-refractivity contribution in [2.75, 3.05) is 0 Å². The first-order valence-electron chi connectivity index (χ1n) is 5.06. The number of nitrogens with zero attached hydrogens (tertiary/aromatic N) is 2. The van der Waals surface area contributed by atoms with Gasteiger partial charge in [0.1, 0.15) is 0 Å². The van der Waals surface area contributed by atoms with E-state index in [1.165, 1.54) is 9.13 Å². The molecular weight excluding hydrogens is 240 g/mol. The summed E-state index contributed by atoms with van der Waals surface area (Å²) >= 11 is 5.99. The third kappa shape index (κ3) is 1.91. The van der Waals surface area contributed by atoms with Gasteiger partial charge in [-0.3, -0.25) is 14.2 Å². The van der Waals surface area contributed by atoms with Crippen LogP contribution in [0.1, 0.15) is 5.56 Å². The summed E-state index contributed by atoms with van der Waals surface area (Å²) in [6.45, 7) is 1.81. The average molecular weight is 251 g/mol. The largest absolute Gasteiger partial charge is 0.320 e. The summed E-state index contributed by atoms with van der Waals surface area (Å²) in [7, 11) is 1.54. The van der Waals surface area contributed by atoms with Crippen molar-refractivity contribution in [1.29, 1.82) is 0 Å². The van der Waals surface area contributed by atoms with Crippen molar-refractivity contribution in [3.8, 4) is 5.69 Å². The van der Waals surface area contributed by atoms with Gasteiger partial charge in [-0.25, -0.2) is 0 Å². The van der Waals surface area contributed by atoms with Crippen molar-refractivity contribution >= 4 is 11.6 Å². The van der Waals surface area contributed by atoms with Crippen LogP contribution < -0.4 is 11.1 Å². The van der Waals surface area contributed by atoms with Gasteiger partial charge in [-0.1, -0.05) is 17.7 Å². The number of halogens is 1. The zero-order chi connectivity index (χ0) is 12.6. The van der Waals surface area contributed by atoms with E-state index in [-0.39, 0.29) is 0 Å². The van der Waals surface area contributed by atoms with Crippen LogP contribution in [0, 0.1) is 6.92 Å². The third-order valence-electron chi connectivity index (χ3n) is 2.66. The van der Waals surface area contributed by atoms with Crippen LogP contribution >= 0.6 is 11.6 Å². The molecule has 2 rings (SSSR count). The molecule has 0 saturated heterocycles. The van der Waals surface area contributed by atoms with Crippen LogP contribution in [-0.2, 0) is 7.05 Å². The van der Waals surface area contributed by atoms with E-state index in [0.717, 1.165) is 5.56 Å². The maximum Gasteiger partial charge on any atom is 0.320 e. The molecule has 17 heavy (non-hydrogen) atoms. The maximum atomic E-state index is 11.8. The molecule has 0 amide bonds. The smallest absolute Gasteiger partial charge is 0.312 e. The second-order valence-corrected chi connectivity index (χ2v) is 4.18. The monoisotopic (exact) mass is 250 g/mol. The molecule has 0 N–H and O–H groups in total. The fourth-order valence-electron chi connectivity index (χ4n) is 1.60. The van der Waals surface area contributed by atoms with E-state index in [0.29, 0.717) is 10.7 Å². The number of rotatable bonds is 1. The highest BCUT2D eigenvalue weighted by Gasteiger charge is 2.08. The molecule has 0 saturated carbocycles. The van der Waals surface area contributed by atoms with Crippen molar-refractivity contribution in [1.82, 2.24) is 9.13 Å². The van der Waals surface area contributed by atoms with Crippen LogP contribution in [0.15, 0.2) is 40.2 Å². The zero-order valence-corrected chi connectivity index (χ0v) is 10.2. The van der Waals surface area contributed by atoms with E-state index < -0.39 is 11.1 Å². The van der Waals surface area contributed by atoms with Gasteiger partial charge < -0.3 is 4.57 Å². The fourth-order valence-corrected chi connectivity index (χ4v) is 1.77. The standard InChI is InChI=1S/C12H11ClN2O2/c1-8-9(13)4-3-5-10(8)15-7-6-14(2)11(16)12(15)17/h3-7H,1-2H3. The van der Waals surface area contributed by atoms with Crippen molar-refractivity contribution in [3.63, 3.8) is 0 Å². The van der Waals surface area contributed by atoms with Gasteiger partial charge in [0.05, 0.1) is 5.69 Å². The van der Waals surface area contributed by atoms with Gasteiger partial charge in [-0.15, -0.1) is 0 Å². The Morgan fingerprint density at radius 1 is 1.12 bits per heavy atom. The molecule has 0 fully saturated rings. The molecule has 0 aliphatic carbocycles. The molecule has 2 aromatic rings. The Hall–Kier alpha value is -1.81. The van der Waals surface area contributed by atoms with Crippen LogP contribution in [0.5, 0.6) is 0 Å². The Kier molecular flexibility index (Phi) is 2.90. The first-order valence-corrected chi connectivity index (χ1v) is 5.44. The van der Waals surface area contributed by atoms with Crippen LogP contribution in [0.3, 0.4) is 0 Å². The lowest BCUT2D eigenvalue weighted by Gasteiger charge is -2.10. The number of aromatic nitrogens is 2. The molecule has 0 unspecified atom stereocenters. The van der Waals surface area contributed by atoms with E-state index in [9.17, 15) is 9.59 Å². The summed E-state index contributed by atoms with van der Waals surface area (Å²) in [5.41, 5.74) is 0.247. The topological polar surface area (TPSA) is 44.0 Å². The summed E-state index contributed by atoms with van der Waals surface area (Å²) < 4.78 is 2.56. The normalized spacial score (nSPS) is 10.5. The summed E-state index contributed by atoms with van der Waals surface area (Å²) in [5, 5.41) is 0.565. The lowest BCUT2D eigenvalue weighted by Crippen LogP contribution is -2.38. The number of benzene rings is 1. The minimum absolute atomic E-state index is 0.563. The van der Waals surface area contributed by atoms with Gasteiger partial charge in [0, 0.05) is 24.5 Å². The second kappa shape index (κ2) is 4.22. The Bertz CT molecular complexity index is 686. The molecule has 88 valence electrons. The quantitative estimate of drug-likeness (QED) is 0.720. The first-order chi connectivity index (χ1) is 8.02. The Balaban J connectivity index is 2.79. The van der Waals surface area contributed by atoms with Gasteiger partial charge in [-0.2, -0.15) is 0 Å². The maximum absolute atomic E-state index is 11.8. The van der Waals surface area contributed by atoms with E-state index in [1.807, 2.05) is 6.92 Å². The number of hydrogen-bond acceptors (Lipinski definition) is 2. The second-order valence-electron chi connectivity index (χ2n) is 3.77. The molecule has 1 aromatic heterocycles. The van der Waals surface area contributed by atoms with Gasteiger partial charge in [0.25, 0.3) is 0 Å². The minimum Gasteiger partial charge on any atom is -0.312 e. The highest BCUT2D eigenvalue weighted by Crippen LogP contribution is 2.20. The summed E-state index contributed by atoms with van der Waals surface area (Å²) in [6, 6.07) is 5.24. The molecule has 0 aliphatic heterocycles. The van der Waals surface area contributed by atoms with Gasteiger partial charge in [0.15, 0.2) is 0 Å². The molecule has 4 nitrogen and oxygen atoms in total. The van der Waals surface area contributed by atoms with E-state index in [2.05, 4.69) is 0 Å². The SMILES string of the molecule is Cc1c(Cl)cccc1-n1ccn(C)c(=O)c1=O. The minimum atomic E-state index is -0.583. The number of hydrogen-bond donors (Lipinski definition) is 0. The average Bonchev–Trinajstić information content (AvgIpc) is 2.31. The lowest BCUT2D eigenvalue weighted by molar-refractivity contribution is 0.785. The Morgan fingerprint density at radius 2 is 1.82 bits per heavy atom. The van der Waals surface area contributed by atoms with E-state index >= 15 is 0 Å². The van der Waals surface area contributed by atoms with E-state index in [4.69, 9.17) is 11.6 Å². The predicted octanol–water partition coefficient (Wildman–Crippen LogP) is 1.50. The van der Waals surface area contributed by atoms with E-state index in [1.54, 1.807) is 37.6 Å². The van der Waals surface area contributed by atoms with Crippen molar-refractivity contribution in [2.24, 2.45) is 7.05 Å². The van der Waals surface area contributed by atoms with Crippen molar-refractivity contribution < 1.29 is 0 Å². The Labute approximate surface area is 103 Å². The van der Waals surface area contributed by atoms with Crippen LogP contribution in [-0.4, -0.2) is 9.13 Å². The van der Waals surface area contributed by atoms with Crippen LogP contribution in [0.25, 0.3) is 5.69 Å². The highest BCUT2D eigenvalue weighted by molar-refractivity contribution is 6.31. The molecule has 0 bridgehead atoms. The molecule has 1 heterocycles. The van der Waals surface area contributed by atoms with Crippen LogP contribution in [0.2, 0.25) is 5.02 Å².